The smallest absolute Gasteiger partial charge is 0.0583 e. The fraction of sp³-hybridized carbons (Fsp3) is 0.600. The van der Waals surface area contributed by atoms with E-state index in [1.807, 2.05) is 0 Å². The Bertz CT molecular complexity index is 302. The van der Waals surface area contributed by atoms with Gasteiger partial charge < -0.3 is 5.11 Å². The Morgan fingerprint density at radius 1 is 1.19 bits per heavy atom. The first-order chi connectivity index (χ1) is 7.65. The molecule has 1 heteroatoms. The zero-order chi connectivity index (χ0) is 12.0. The minimum atomic E-state index is -0.188. The van der Waals surface area contributed by atoms with Gasteiger partial charge in [0.05, 0.1) is 6.10 Å². The lowest BCUT2D eigenvalue weighted by Gasteiger charge is -2.17. The lowest BCUT2D eigenvalue weighted by Crippen LogP contribution is -2.15. The molecule has 0 amide bonds. The number of aliphatic hydroxyl groups is 1. The van der Waals surface area contributed by atoms with Crippen molar-refractivity contribution in [3.63, 3.8) is 0 Å². The van der Waals surface area contributed by atoms with Crippen LogP contribution < -0.4 is 0 Å². The van der Waals surface area contributed by atoms with Crippen molar-refractivity contribution in [2.24, 2.45) is 5.92 Å². The van der Waals surface area contributed by atoms with E-state index in [0.717, 1.165) is 12.8 Å². The molecule has 0 aromatic heterocycles. The second kappa shape index (κ2) is 6.70. The molecule has 0 radical (unpaired) electrons. The lowest BCUT2D eigenvalue weighted by molar-refractivity contribution is 0.139. The summed E-state index contributed by atoms with van der Waals surface area (Å²) in [6.45, 7) is 6.50. The number of aliphatic hydroxyl groups excluding tert-OH is 1. The van der Waals surface area contributed by atoms with Crippen LogP contribution in [0.1, 0.15) is 44.2 Å². The van der Waals surface area contributed by atoms with Gasteiger partial charge in [0, 0.05) is 0 Å². The lowest BCUT2D eigenvalue weighted by atomic mass is 9.93. The van der Waals surface area contributed by atoms with Crippen LogP contribution in [-0.2, 0) is 6.42 Å². The maximum absolute atomic E-state index is 10.0. The molecule has 90 valence electrons. The molecule has 0 aliphatic carbocycles. The minimum Gasteiger partial charge on any atom is -0.393 e. The van der Waals surface area contributed by atoms with Gasteiger partial charge in [-0.25, -0.2) is 0 Å². The van der Waals surface area contributed by atoms with Gasteiger partial charge in [-0.05, 0) is 31.2 Å². The van der Waals surface area contributed by atoms with Crippen molar-refractivity contribution in [1.82, 2.24) is 0 Å². The van der Waals surface area contributed by atoms with Crippen LogP contribution in [-0.4, -0.2) is 11.2 Å². The van der Waals surface area contributed by atoms with Crippen LogP contribution in [0.25, 0.3) is 0 Å². The third-order valence-electron chi connectivity index (χ3n) is 3.31. The van der Waals surface area contributed by atoms with Crippen molar-refractivity contribution in [3.8, 4) is 0 Å². The summed E-state index contributed by atoms with van der Waals surface area (Å²) in [7, 11) is 0. The Balaban J connectivity index is 2.47. The molecule has 0 heterocycles. The van der Waals surface area contributed by atoms with E-state index in [1.54, 1.807) is 0 Å². The van der Waals surface area contributed by atoms with E-state index in [2.05, 4.69) is 45.0 Å². The molecule has 1 unspecified atom stereocenters. The quantitative estimate of drug-likeness (QED) is 0.774. The van der Waals surface area contributed by atoms with E-state index in [1.165, 1.54) is 24.0 Å². The predicted octanol–water partition coefficient (Wildman–Crippen LogP) is 3.72. The van der Waals surface area contributed by atoms with E-state index in [9.17, 15) is 5.11 Å². The first kappa shape index (κ1) is 13.2. The Hall–Kier alpha value is -0.820. The van der Waals surface area contributed by atoms with Gasteiger partial charge in [-0.1, -0.05) is 56.5 Å². The van der Waals surface area contributed by atoms with Crippen LogP contribution in [0.4, 0.5) is 0 Å². The third kappa shape index (κ3) is 4.36. The van der Waals surface area contributed by atoms with Gasteiger partial charge in [-0.3, -0.25) is 0 Å². The summed E-state index contributed by atoms with van der Waals surface area (Å²) in [6.07, 6.45) is 3.87. The average molecular weight is 220 g/mol. The topological polar surface area (TPSA) is 20.2 Å². The normalized spacial score (nSPS) is 13.1. The predicted molar refractivity (Wildman–Crippen MR) is 69.6 cm³/mol. The maximum Gasteiger partial charge on any atom is 0.0583 e. The van der Waals surface area contributed by atoms with E-state index in [4.69, 9.17) is 0 Å². The monoisotopic (exact) mass is 220 g/mol. The van der Waals surface area contributed by atoms with Crippen LogP contribution in [0, 0.1) is 12.8 Å². The summed E-state index contributed by atoms with van der Waals surface area (Å²) in [5.74, 6) is 0.666. The summed E-state index contributed by atoms with van der Waals surface area (Å²) >= 11 is 0. The van der Waals surface area contributed by atoms with Crippen LogP contribution in [0.2, 0.25) is 0 Å². The molecule has 0 spiro atoms. The van der Waals surface area contributed by atoms with E-state index >= 15 is 0 Å². The molecule has 0 saturated heterocycles. The molecule has 1 atom stereocenters. The Labute approximate surface area is 99.5 Å². The molecule has 0 aliphatic rings. The summed E-state index contributed by atoms with van der Waals surface area (Å²) in [5, 5.41) is 10.0. The van der Waals surface area contributed by atoms with Gasteiger partial charge in [0.25, 0.3) is 0 Å². The van der Waals surface area contributed by atoms with Crippen molar-refractivity contribution in [3.05, 3.63) is 35.4 Å². The Morgan fingerprint density at radius 3 is 2.44 bits per heavy atom. The Kier molecular flexibility index (Phi) is 5.54. The number of benzene rings is 1. The molecule has 16 heavy (non-hydrogen) atoms. The average Bonchev–Trinajstić information content (AvgIpc) is 2.26. The van der Waals surface area contributed by atoms with Crippen LogP contribution >= 0.6 is 0 Å². The van der Waals surface area contributed by atoms with Crippen LogP contribution in [0.5, 0.6) is 0 Å². The van der Waals surface area contributed by atoms with E-state index in [0.29, 0.717) is 5.92 Å². The SMILES string of the molecule is CCC(CC)CC(O)Cc1cccc(C)c1. The molecule has 0 bridgehead atoms. The highest BCUT2D eigenvalue weighted by molar-refractivity contribution is 5.22. The maximum atomic E-state index is 10.0. The van der Waals surface area contributed by atoms with Gasteiger partial charge in [-0.15, -0.1) is 0 Å². The zero-order valence-corrected chi connectivity index (χ0v) is 10.7. The summed E-state index contributed by atoms with van der Waals surface area (Å²) in [5.41, 5.74) is 2.52. The van der Waals surface area contributed by atoms with E-state index in [-0.39, 0.29) is 6.10 Å². The van der Waals surface area contributed by atoms with Gasteiger partial charge in [0.15, 0.2) is 0 Å². The zero-order valence-electron chi connectivity index (χ0n) is 10.7. The fourth-order valence-electron chi connectivity index (χ4n) is 2.20. The first-order valence-electron chi connectivity index (χ1n) is 6.39. The molecule has 1 nitrogen and oxygen atoms in total. The second-order valence-corrected chi connectivity index (χ2v) is 4.77. The summed E-state index contributed by atoms with van der Waals surface area (Å²) in [6, 6.07) is 8.42. The molecule has 1 N–H and O–H groups in total. The van der Waals surface area contributed by atoms with Gasteiger partial charge in [0.2, 0.25) is 0 Å². The highest BCUT2D eigenvalue weighted by atomic mass is 16.3. The molecule has 0 aliphatic heterocycles. The molecule has 1 rings (SSSR count). The highest BCUT2D eigenvalue weighted by Gasteiger charge is 2.11. The van der Waals surface area contributed by atoms with Gasteiger partial charge in [-0.2, -0.15) is 0 Å². The van der Waals surface area contributed by atoms with Gasteiger partial charge >= 0.3 is 0 Å². The Morgan fingerprint density at radius 2 is 1.88 bits per heavy atom. The molecule has 1 aromatic carbocycles. The largest absolute Gasteiger partial charge is 0.393 e. The first-order valence-corrected chi connectivity index (χ1v) is 6.39. The highest BCUT2D eigenvalue weighted by Crippen LogP contribution is 2.17. The molecular weight excluding hydrogens is 196 g/mol. The van der Waals surface area contributed by atoms with Gasteiger partial charge in [0.1, 0.15) is 0 Å². The molecule has 0 fully saturated rings. The molecular formula is C15H24O. The second-order valence-electron chi connectivity index (χ2n) is 4.77. The summed E-state index contributed by atoms with van der Waals surface area (Å²) < 4.78 is 0. The third-order valence-corrected chi connectivity index (χ3v) is 3.31. The summed E-state index contributed by atoms with van der Waals surface area (Å²) in [4.78, 5) is 0. The number of hydrogen-bond donors (Lipinski definition) is 1. The van der Waals surface area contributed by atoms with Crippen molar-refractivity contribution < 1.29 is 5.11 Å². The number of hydrogen-bond acceptors (Lipinski definition) is 1. The van der Waals surface area contributed by atoms with Crippen molar-refractivity contribution in [2.75, 3.05) is 0 Å². The molecule has 0 saturated carbocycles. The fourth-order valence-corrected chi connectivity index (χ4v) is 2.20. The van der Waals surface area contributed by atoms with Crippen LogP contribution in [0.3, 0.4) is 0 Å². The number of rotatable bonds is 6. The van der Waals surface area contributed by atoms with Crippen LogP contribution in [0.15, 0.2) is 24.3 Å². The molecule has 1 aromatic rings. The minimum absolute atomic E-state index is 0.188. The van der Waals surface area contributed by atoms with Crippen molar-refractivity contribution in [2.45, 2.75) is 52.6 Å². The van der Waals surface area contributed by atoms with Crippen molar-refractivity contribution in [1.29, 1.82) is 0 Å². The van der Waals surface area contributed by atoms with Crippen molar-refractivity contribution >= 4 is 0 Å². The van der Waals surface area contributed by atoms with E-state index < -0.39 is 0 Å². The standard InChI is InChI=1S/C15H24O/c1-4-13(5-2)10-15(16)11-14-8-6-7-12(3)9-14/h6-9,13,15-16H,4-5,10-11H2,1-3H3. The number of aryl methyl sites for hydroxylation is 1.